The van der Waals surface area contributed by atoms with Gasteiger partial charge in [0.15, 0.2) is 0 Å². The second-order valence-electron chi connectivity index (χ2n) is 20.0. The van der Waals surface area contributed by atoms with Crippen LogP contribution in [0.4, 0.5) is 45.5 Å². The summed E-state index contributed by atoms with van der Waals surface area (Å²) in [6.45, 7) is 0. The molecule has 0 spiro atoms. The van der Waals surface area contributed by atoms with Crippen LogP contribution in [0, 0.1) is 0 Å². The Balaban J connectivity index is 0.000000149. The van der Waals surface area contributed by atoms with Gasteiger partial charge in [-0.05, 0) is 177 Å². The van der Waals surface area contributed by atoms with Gasteiger partial charge in [0.1, 0.15) is 0 Å². The maximum Gasteiger partial charge on any atom is 0.0540 e. The first kappa shape index (κ1) is 49.6. The van der Waals surface area contributed by atoms with Gasteiger partial charge in [-0.15, -0.1) is 0 Å². The molecule has 5 heteroatoms. The Bertz CT molecular complexity index is 4100. The average Bonchev–Trinajstić information content (AvgIpc) is 4.27. The number of nitrogens with one attached hydrogen (secondary N) is 1. The highest BCUT2D eigenvalue weighted by Gasteiger charge is 2.25. The number of nitrogens with zero attached hydrogens (tertiary/aromatic N) is 2. The van der Waals surface area contributed by atoms with Crippen molar-refractivity contribution in [3.05, 3.63) is 322 Å². The molecule has 2 aliphatic carbocycles. The van der Waals surface area contributed by atoms with Crippen LogP contribution in [0.5, 0.6) is 0 Å². The molecule has 0 aromatic heterocycles. The molecule has 1 N–H and O–H groups in total. The number of para-hydroxylation sites is 3. The van der Waals surface area contributed by atoms with Crippen molar-refractivity contribution >= 4 is 110 Å². The third-order valence-corrected chi connectivity index (χ3v) is 16.0. The van der Waals surface area contributed by atoms with E-state index in [4.69, 9.17) is 0 Å². The molecule has 15 rings (SSSR count). The van der Waals surface area contributed by atoms with Crippen LogP contribution in [0.1, 0.15) is 22.3 Å². The van der Waals surface area contributed by atoms with E-state index >= 15 is 0 Å². The zero-order valence-corrected chi connectivity index (χ0v) is 46.4. The lowest BCUT2D eigenvalue weighted by atomic mass is 10.0. The summed E-state index contributed by atoms with van der Waals surface area (Å²) in [4.78, 5) is 4.80. The maximum absolute atomic E-state index is 3.51. The van der Waals surface area contributed by atoms with E-state index in [0.29, 0.717) is 0 Å². The minimum atomic E-state index is 0.892. The topological polar surface area (TPSA) is 18.5 Å². The molecule has 0 heterocycles. The molecule has 0 unspecified atom stereocenters. The number of benzene rings is 13. The number of fused-ring (bicyclic) bond motifs is 9. The smallest absolute Gasteiger partial charge is 0.0540 e. The van der Waals surface area contributed by atoms with Crippen molar-refractivity contribution in [1.29, 1.82) is 0 Å². The lowest BCUT2D eigenvalue weighted by molar-refractivity contribution is 1.22. The van der Waals surface area contributed by atoms with E-state index in [-0.39, 0.29) is 0 Å². The zero-order valence-electron chi connectivity index (χ0n) is 43.3. The van der Waals surface area contributed by atoms with Crippen molar-refractivity contribution in [2.24, 2.45) is 0 Å². The van der Waals surface area contributed by atoms with Crippen LogP contribution in [0.15, 0.2) is 300 Å². The van der Waals surface area contributed by atoms with E-state index in [1.165, 1.54) is 99.6 Å². The van der Waals surface area contributed by atoms with Crippen LogP contribution in [0.2, 0.25) is 0 Å². The molecule has 13 aromatic rings. The van der Waals surface area contributed by atoms with E-state index in [9.17, 15) is 0 Å². The van der Waals surface area contributed by atoms with Crippen LogP contribution < -0.4 is 15.1 Å². The Morgan fingerprint density at radius 1 is 0.278 bits per heavy atom. The molecular formula is C74H53Br2N3. The van der Waals surface area contributed by atoms with Gasteiger partial charge in [-0.25, -0.2) is 0 Å². The first-order valence-corrected chi connectivity index (χ1v) is 28.4. The van der Waals surface area contributed by atoms with Gasteiger partial charge in [0.2, 0.25) is 0 Å². The molecule has 2 aliphatic rings. The number of rotatable bonds is 8. The van der Waals surface area contributed by atoms with Gasteiger partial charge in [0, 0.05) is 59.2 Å². The van der Waals surface area contributed by atoms with Crippen molar-refractivity contribution < 1.29 is 0 Å². The summed E-state index contributed by atoms with van der Waals surface area (Å²) in [6, 6.07) is 104. The van der Waals surface area contributed by atoms with E-state index in [1.807, 2.05) is 18.2 Å². The average molecular weight is 1140 g/mol. The fourth-order valence-corrected chi connectivity index (χ4v) is 12.3. The molecule has 0 saturated carbocycles. The molecule has 0 aliphatic heterocycles. The van der Waals surface area contributed by atoms with Gasteiger partial charge in [0.25, 0.3) is 0 Å². The molecule has 0 amide bonds. The summed E-state index contributed by atoms with van der Waals surface area (Å²) in [6.07, 6.45) is 1.94. The molecule has 0 saturated heterocycles. The number of hydrogen-bond acceptors (Lipinski definition) is 3. The summed E-state index contributed by atoms with van der Waals surface area (Å²) in [7, 11) is 0. The monoisotopic (exact) mass is 1140 g/mol. The Morgan fingerprint density at radius 3 is 1.10 bits per heavy atom. The largest absolute Gasteiger partial charge is 0.355 e. The highest BCUT2D eigenvalue weighted by Crippen LogP contribution is 2.47. The maximum atomic E-state index is 3.51. The van der Waals surface area contributed by atoms with Gasteiger partial charge in [-0.1, -0.05) is 220 Å². The minimum absolute atomic E-state index is 0.892. The molecule has 378 valence electrons. The molecule has 13 aromatic carbocycles. The molecule has 3 nitrogen and oxygen atoms in total. The fourth-order valence-electron chi connectivity index (χ4n) is 11.4. The van der Waals surface area contributed by atoms with Crippen molar-refractivity contribution in [1.82, 2.24) is 0 Å². The standard InChI is InChI=1S/C45H32N2.C16H13N.C13H8Br2/c1-3-17-36(18-4-1)46(44-23-11-15-32-13-7-9-21-42(32)44)38-25-27-40-34(30-38)29-35-31-39(26-28-41(35)40)47(37-19-5-2-6-20-37)45-24-12-16-33-14-8-10-22-43(33)45;1-2-9-14(10-3-1)17-16-12-6-8-13-7-4-5-11-15(13)16;14-10-1-3-12-8(6-10)5-9-7-11(15)2-4-13(9)12/h1-28,30-31H,29H2;1-12,17H;1-4,6-7H,5H2. The lowest BCUT2D eigenvalue weighted by Gasteiger charge is -2.27. The van der Waals surface area contributed by atoms with Gasteiger partial charge in [-0.2, -0.15) is 0 Å². The molecule has 79 heavy (non-hydrogen) atoms. The number of hydrogen-bond donors (Lipinski definition) is 1. The van der Waals surface area contributed by atoms with Gasteiger partial charge in [0.05, 0.1) is 11.4 Å². The van der Waals surface area contributed by atoms with E-state index in [0.717, 1.165) is 44.5 Å². The van der Waals surface area contributed by atoms with Gasteiger partial charge < -0.3 is 15.1 Å². The third-order valence-electron chi connectivity index (χ3n) is 15.1. The molecular weight excluding hydrogens is 1090 g/mol. The van der Waals surface area contributed by atoms with E-state index < -0.39 is 0 Å². The van der Waals surface area contributed by atoms with Crippen LogP contribution in [0.3, 0.4) is 0 Å². The zero-order chi connectivity index (χ0) is 53.1. The lowest BCUT2D eigenvalue weighted by Crippen LogP contribution is -2.10. The Morgan fingerprint density at radius 2 is 0.633 bits per heavy atom. The van der Waals surface area contributed by atoms with Crippen molar-refractivity contribution in [2.45, 2.75) is 12.8 Å². The summed E-state index contributed by atoms with van der Waals surface area (Å²) in [5.74, 6) is 0. The number of halogens is 2. The van der Waals surface area contributed by atoms with E-state index in [2.05, 4.69) is 320 Å². The second-order valence-corrected chi connectivity index (χ2v) is 21.8. The Hall–Kier alpha value is -9.00. The first-order chi connectivity index (χ1) is 39.0. The predicted molar refractivity (Wildman–Crippen MR) is 343 cm³/mol. The third kappa shape index (κ3) is 10.2. The highest BCUT2D eigenvalue weighted by molar-refractivity contribution is 9.10. The summed E-state index contributed by atoms with van der Waals surface area (Å²) in [5, 5.41) is 10.9. The molecule has 0 fully saturated rings. The first-order valence-electron chi connectivity index (χ1n) is 26.8. The highest BCUT2D eigenvalue weighted by atomic mass is 79.9. The normalized spacial score (nSPS) is 11.6. The van der Waals surface area contributed by atoms with Crippen LogP contribution in [0.25, 0.3) is 54.6 Å². The van der Waals surface area contributed by atoms with Crippen molar-refractivity contribution in [2.75, 3.05) is 15.1 Å². The van der Waals surface area contributed by atoms with Crippen LogP contribution >= 0.6 is 31.9 Å². The summed E-state index contributed by atoms with van der Waals surface area (Å²) >= 11 is 7.03. The van der Waals surface area contributed by atoms with Crippen molar-refractivity contribution in [3.63, 3.8) is 0 Å². The molecule has 0 radical (unpaired) electrons. The van der Waals surface area contributed by atoms with Crippen LogP contribution in [-0.4, -0.2) is 0 Å². The minimum Gasteiger partial charge on any atom is -0.355 e. The summed E-state index contributed by atoms with van der Waals surface area (Å²) < 4.78 is 2.32. The summed E-state index contributed by atoms with van der Waals surface area (Å²) in [5.41, 5.74) is 20.2. The van der Waals surface area contributed by atoms with Crippen LogP contribution in [-0.2, 0) is 12.8 Å². The predicted octanol–water partition coefficient (Wildman–Crippen LogP) is 21.9. The van der Waals surface area contributed by atoms with Gasteiger partial charge >= 0.3 is 0 Å². The molecule has 0 bridgehead atoms. The van der Waals surface area contributed by atoms with E-state index in [1.54, 1.807) is 0 Å². The van der Waals surface area contributed by atoms with Crippen molar-refractivity contribution in [3.8, 4) is 22.3 Å². The second kappa shape index (κ2) is 22.2. The Labute approximate surface area is 479 Å². The SMILES string of the molecule is Brc1ccc2c(c1)Cc1cc(Br)ccc1-2.c1ccc(N(c2ccc3c(c2)Cc2cc(N(c4ccccc4)c4cccc5ccccc45)ccc2-3)c2cccc3ccccc23)cc1.c1ccc(Nc2cccc3ccccc23)cc1. The molecule has 0 atom stereocenters. The quantitative estimate of drug-likeness (QED) is 0.164. The Kier molecular flexibility index (Phi) is 13.9. The number of anilines is 8. The van der Waals surface area contributed by atoms with Gasteiger partial charge in [-0.3, -0.25) is 0 Å². The fraction of sp³-hybridized carbons (Fsp3) is 0.0270.